The molecule has 0 spiro atoms. The van der Waals surface area contributed by atoms with Gasteiger partial charge in [-0.25, -0.2) is 0 Å². The van der Waals surface area contributed by atoms with Crippen LogP contribution in [0.2, 0.25) is 5.02 Å². The van der Waals surface area contributed by atoms with Crippen LogP contribution >= 0.6 is 11.6 Å². The molecule has 1 aliphatic heterocycles. The lowest BCUT2D eigenvalue weighted by atomic mass is 10.0. The van der Waals surface area contributed by atoms with Gasteiger partial charge in [0.25, 0.3) is 5.91 Å². The summed E-state index contributed by atoms with van der Waals surface area (Å²) in [6.45, 7) is 0. The molecule has 0 saturated carbocycles. The number of allylic oxidation sites excluding steroid dienone is 1. The van der Waals surface area contributed by atoms with Crippen LogP contribution in [0.5, 0.6) is 0 Å². The Labute approximate surface area is 126 Å². The van der Waals surface area contributed by atoms with Crippen molar-refractivity contribution in [3.63, 3.8) is 0 Å². The van der Waals surface area contributed by atoms with Crippen molar-refractivity contribution in [2.75, 3.05) is 19.4 Å². The molecule has 0 aliphatic carbocycles. The highest BCUT2D eigenvalue weighted by molar-refractivity contribution is 6.31. The Morgan fingerprint density at radius 1 is 1.38 bits per heavy atom. The Hall–Kier alpha value is -2.41. The largest absolute Gasteiger partial charge is 0.344 e. The number of nitrogens with zero attached hydrogens (tertiary/aromatic N) is 5. The van der Waals surface area contributed by atoms with E-state index in [0.717, 1.165) is 5.56 Å². The van der Waals surface area contributed by atoms with Crippen LogP contribution in [0.15, 0.2) is 36.0 Å². The van der Waals surface area contributed by atoms with Gasteiger partial charge in [-0.1, -0.05) is 34.9 Å². The fraction of sp³-hybridized carbons (Fsp3) is 0.231. The maximum absolute atomic E-state index is 12.2. The summed E-state index contributed by atoms with van der Waals surface area (Å²) in [6.07, 6.45) is 1.77. The molecule has 1 aromatic heterocycles. The number of carbonyl (C=O) groups is 1. The van der Waals surface area contributed by atoms with E-state index in [1.165, 1.54) is 4.90 Å². The van der Waals surface area contributed by atoms with Gasteiger partial charge in [-0.3, -0.25) is 4.79 Å². The second-order valence-corrected chi connectivity index (χ2v) is 5.23. The van der Waals surface area contributed by atoms with Crippen LogP contribution in [0.3, 0.4) is 0 Å². The van der Waals surface area contributed by atoms with Crippen molar-refractivity contribution in [1.82, 2.24) is 25.1 Å². The number of hydrogen-bond donors (Lipinski definition) is 1. The van der Waals surface area contributed by atoms with Crippen molar-refractivity contribution in [2.24, 2.45) is 0 Å². The topological polar surface area (TPSA) is 75.9 Å². The van der Waals surface area contributed by atoms with Crippen molar-refractivity contribution in [3.05, 3.63) is 46.6 Å². The van der Waals surface area contributed by atoms with E-state index < -0.39 is 0 Å². The number of benzene rings is 1. The van der Waals surface area contributed by atoms with Gasteiger partial charge in [0.2, 0.25) is 5.95 Å². The van der Waals surface area contributed by atoms with Gasteiger partial charge in [0.05, 0.1) is 0 Å². The molecule has 21 heavy (non-hydrogen) atoms. The minimum absolute atomic E-state index is 0.152. The van der Waals surface area contributed by atoms with Gasteiger partial charge in [-0.2, -0.15) is 4.68 Å². The van der Waals surface area contributed by atoms with Crippen LogP contribution in [0.4, 0.5) is 5.95 Å². The van der Waals surface area contributed by atoms with Crippen LogP contribution in [-0.2, 0) is 4.79 Å². The molecule has 1 unspecified atom stereocenters. The molecule has 1 atom stereocenters. The van der Waals surface area contributed by atoms with Gasteiger partial charge < -0.3 is 10.2 Å². The number of fused-ring (bicyclic) bond motifs is 1. The third-order valence-corrected chi connectivity index (χ3v) is 3.53. The Kier molecular flexibility index (Phi) is 3.34. The molecule has 7 nitrogen and oxygen atoms in total. The molecule has 0 bridgehead atoms. The number of carbonyl (C=O) groups excluding carboxylic acids is 1. The summed E-state index contributed by atoms with van der Waals surface area (Å²) in [6, 6.07) is 7.09. The molecule has 0 radical (unpaired) electrons. The first kappa shape index (κ1) is 13.6. The lowest BCUT2D eigenvalue weighted by Gasteiger charge is -2.24. The van der Waals surface area contributed by atoms with Gasteiger partial charge in [-0.15, -0.1) is 0 Å². The lowest BCUT2D eigenvalue weighted by Crippen LogP contribution is -2.31. The van der Waals surface area contributed by atoms with E-state index in [2.05, 4.69) is 20.8 Å². The van der Waals surface area contributed by atoms with E-state index in [4.69, 9.17) is 11.6 Å². The van der Waals surface area contributed by atoms with E-state index in [0.29, 0.717) is 16.7 Å². The third-order valence-electron chi connectivity index (χ3n) is 3.19. The van der Waals surface area contributed by atoms with E-state index in [1.54, 1.807) is 30.9 Å². The summed E-state index contributed by atoms with van der Waals surface area (Å²) >= 11 is 6.25. The predicted octanol–water partition coefficient (Wildman–Crippen LogP) is 1.31. The summed E-state index contributed by atoms with van der Waals surface area (Å²) in [5, 5.41) is 15.0. The molecular weight excluding hydrogens is 292 g/mol. The second-order valence-electron chi connectivity index (χ2n) is 4.82. The van der Waals surface area contributed by atoms with Gasteiger partial charge in [-0.05, 0) is 28.1 Å². The van der Waals surface area contributed by atoms with Crippen molar-refractivity contribution < 1.29 is 4.79 Å². The van der Waals surface area contributed by atoms with E-state index in [1.807, 2.05) is 18.2 Å². The molecule has 1 N–H and O–H groups in total. The predicted molar refractivity (Wildman–Crippen MR) is 77.8 cm³/mol. The van der Waals surface area contributed by atoms with Gasteiger partial charge in [0.1, 0.15) is 11.7 Å². The fourth-order valence-corrected chi connectivity index (χ4v) is 2.40. The summed E-state index contributed by atoms with van der Waals surface area (Å²) in [7, 11) is 3.37. The normalized spacial score (nSPS) is 16.7. The summed E-state index contributed by atoms with van der Waals surface area (Å²) in [4.78, 5) is 13.7. The van der Waals surface area contributed by atoms with Crippen LogP contribution in [0.1, 0.15) is 11.6 Å². The smallest absolute Gasteiger partial charge is 0.269 e. The Morgan fingerprint density at radius 2 is 2.14 bits per heavy atom. The number of halogens is 1. The van der Waals surface area contributed by atoms with Crippen molar-refractivity contribution in [3.8, 4) is 0 Å². The van der Waals surface area contributed by atoms with Crippen LogP contribution < -0.4 is 5.32 Å². The Bertz CT molecular complexity index is 723. The maximum Gasteiger partial charge on any atom is 0.269 e. The average molecular weight is 305 g/mol. The number of hydrogen-bond acceptors (Lipinski definition) is 5. The maximum atomic E-state index is 12.2. The quantitative estimate of drug-likeness (QED) is 0.905. The summed E-state index contributed by atoms with van der Waals surface area (Å²) < 4.78 is 1.59. The SMILES string of the molecule is CN(C)C(=O)C1=CC(c2ccccc2Cl)n2nnnc2N1. The number of aromatic nitrogens is 4. The van der Waals surface area contributed by atoms with E-state index >= 15 is 0 Å². The number of likely N-dealkylation sites (N-methyl/N-ethyl adjacent to an activating group) is 1. The highest BCUT2D eigenvalue weighted by Gasteiger charge is 2.28. The third kappa shape index (κ3) is 2.36. The monoisotopic (exact) mass is 304 g/mol. The van der Waals surface area contributed by atoms with Crippen LogP contribution in [0.25, 0.3) is 0 Å². The van der Waals surface area contributed by atoms with Crippen molar-refractivity contribution in [1.29, 1.82) is 0 Å². The number of nitrogens with one attached hydrogen (secondary N) is 1. The van der Waals surface area contributed by atoms with Crippen molar-refractivity contribution in [2.45, 2.75) is 6.04 Å². The zero-order valence-corrected chi connectivity index (χ0v) is 12.2. The highest BCUT2D eigenvalue weighted by atomic mass is 35.5. The van der Waals surface area contributed by atoms with Gasteiger partial charge >= 0.3 is 0 Å². The Morgan fingerprint density at radius 3 is 2.86 bits per heavy atom. The molecular formula is C13H13ClN6O. The number of anilines is 1. The fourth-order valence-electron chi connectivity index (χ4n) is 2.16. The Balaban J connectivity index is 2.10. The molecule has 8 heteroatoms. The molecule has 108 valence electrons. The molecule has 1 amide bonds. The first-order chi connectivity index (χ1) is 10.1. The van der Waals surface area contributed by atoms with Crippen LogP contribution in [-0.4, -0.2) is 45.1 Å². The summed E-state index contributed by atoms with van der Waals surface area (Å²) in [5.74, 6) is 0.258. The minimum atomic E-state index is -0.330. The molecule has 1 aliphatic rings. The zero-order valence-electron chi connectivity index (χ0n) is 11.5. The second kappa shape index (κ2) is 5.17. The van der Waals surface area contributed by atoms with Gasteiger partial charge in [0, 0.05) is 19.1 Å². The van der Waals surface area contributed by atoms with Crippen molar-refractivity contribution >= 4 is 23.5 Å². The minimum Gasteiger partial charge on any atom is -0.344 e. The van der Waals surface area contributed by atoms with E-state index in [9.17, 15) is 4.79 Å². The molecule has 2 aromatic rings. The van der Waals surface area contributed by atoms with E-state index in [-0.39, 0.29) is 11.9 Å². The van der Waals surface area contributed by atoms with Crippen LogP contribution in [0, 0.1) is 0 Å². The number of tetrazole rings is 1. The van der Waals surface area contributed by atoms with Gasteiger partial charge in [0.15, 0.2) is 0 Å². The standard InChI is InChI=1S/C13H13ClN6O/c1-19(2)12(21)10-7-11(8-5-3-4-6-9(8)14)20-13(15-10)16-17-18-20/h3-7,11H,1-2H3,(H,15,16,18). The lowest BCUT2D eigenvalue weighted by molar-refractivity contribution is -0.124. The molecule has 2 heterocycles. The first-order valence-electron chi connectivity index (χ1n) is 6.30. The number of amides is 1. The first-order valence-corrected chi connectivity index (χ1v) is 6.68. The number of rotatable bonds is 2. The zero-order chi connectivity index (χ0) is 15.0. The molecule has 3 rings (SSSR count). The summed E-state index contributed by atoms with van der Waals surface area (Å²) in [5.41, 5.74) is 1.26. The highest BCUT2D eigenvalue weighted by Crippen LogP contribution is 2.32. The average Bonchev–Trinajstić information content (AvgIpc) is 2.94. The molecule has 1 aromatic carbocycles. The molecule has 0 saturated heterocycles. The molecule has 0 fully saturated rings.